The molecule has 1 N–H and O–H groups in total. The summed E-state index contributed by atoms with van der Waals surface area (Å²) < 4.78 is 0. The molecule has 0 bridgehead atoms. The Bertz CT molecular complexity index is 959. The van der Waals surface area contributed by atoms with E-state index in [4.69, 9.17) is 11.6 Å². The van der Waals surface area contributed by atoms with Crippen molar-refractivity contribution >= 4 is 17.5 Å². The summed E-state index contributed by atoms with van der Waals surface area (Å²) in [6, 6.07) is 24.5. The maximum absolute atomic E-state index is 12.3. The summed E-state index contributed by atoms with van der Waals surface area (Å²) in [5, 5.41) is 3.76. The van der Waals surface area contributed by atoms with Crippen LogP contribution in [0, 0.1) is 0 Å². The molecule has 3 nitrogen and oxygen atoms in total. The highest BCUT2D eigenvalue weighted by atomic mass is 35.5. The van der Waals surface area contributed by atoms with Crippen molar-refractivity contribution < 1.29 is 4.79 Å². The molecule has 4 heteroatoms. The molecule has 4 rings (SSSR count). The van der Waals surface area contributed by atoms with E-state index in [1.165, 1.54) is 31.5 Å². The summed E-state index contributed by atoms with van der Waals surface area (Å²) in [6.45, 7) is 4.00. The number of halogens is 1. The molecule has 1 fully saturated rings. The van der Waals surface area contributed by atoms with Gasteiger partial charge in [0.2, 0.25) is 5.91 Å². The molecule has 1 heterocycles. The van der Waals surface area contributed by atoms with Crippen LogP contribution in [0.4, 0.5) is 0 Å². The first-order valence-electron chi connectivity index (χ1n) is 10.6. The molecule has 1 amide bonds. The topological polar surface area (TPSA) is 32.3 Å². The summed E-state index contributed by atoms with van der Waals surface area (Å²) in [6.07, 6.45) is 3.01. The molecule has 154 valence electrons. The zero-order chi connectivity index (χ0) is 20.8. The lowest BCUT2D eigenvalue weighted by molar-refractivity contribution is -0.120. The molecule has 30 heavy (non-hydrogen) atoms. The lowest BCUT2D eigenvalue weighted by Gasteiger charge is -2.14. The van der Waals surface area contributed by atoms with Gasteiger partial charge in [-0.05, 0) is 65.9 Å². The molecule has 0 aliphatic carbocycles. The first kappa shape index (κ1) is 20.6. The molecule has 1 aliphatic heterocycles. The molecular weight excluding hydrogens is 392 g/mol. The first-order chi connectivity index (χ1) is 14.7. The minimum absolute atomic E-state index is 0.0374. The zero-order valence-electron chi connectivity index (χ0n) is 17.1. The third kappa shape index (κ3) is 5.71. The molecule has 0 aromatic heterocycles. The minimum atomic E-state index is 0.0374. The Labute approximate surface area is 183 Å². The SMILES string of the molecule is O=C(Cc1ccc(-c2ccc(Cl)cc2)cc1)NCc1ccc(CN2CCCC2)cc1. The van der Waals surface area contributed by atoms with Crippen LogP contribution >= 0.6 is 11.6 Å². The average Bonchev–Trinajstić information content (AvgIpc) is 3.28. The number of likely N-dealkylation sites (tertiary alicyclic amines) is 1. The minimum Gasteiger partial charge on any atom is -0.352 e. The fraction of sp³-hybridized carbons (Fsp3) is 0.269. The number of nitrogens with zero attached hydrogens (tertiary/aromatic N) is 1. The first-order valence-corrected chi connectivity index (χ1v) is 11.0. The molecule has 0 atom stereocenters. The Kier molecular flexibility index (Phi) is 6.83. The second-order valence-corrected chi connectivity index (χ2v) is 8.39. The van der Waals surface area contributed by atoms with Crippen molar-refractivity contribution in [3.8, 4) is 11.1 Å². The van der Waals surface area contributed by atoms with E-state index in [1.807, 2.05) is 48.5 Å². The van der Waals surface area contributed by atoms with Crippen molar-refractivity contribution in [2.75, 3.05) is 13.1 Å². The van der Waals surface area contributed by atoms with Crippen molar-refractivity contribution in [2.24, 2.45) is 0 Å². The van der Waals surface area contributed by atoms with E-state index in [2.05, 4.69) is 34.5 Å². The number of hydrogen-bond acceptors (Lipinski definition) is 2. The van der Waals surface area contributed by atoms with Crippen molar-refractivity contribution in [2.45, 2.75) is 32.4 Å². The third-order valence-corrected chi connectivity index (χ3v) is 5.87. The van der Waals surface area contributed by atoms with Gasteiger partial charge in [-0.2, -0.15) is 0 Å². The van der Waals surface area contributed by atoms with Crippen LogP contribution in [-0.2, 0) is 24.3 Å². The fourth-order valence-corrected chi connectivity index (χ4v) is 3.99. The number of amides is 1. The summed E-state index contributed by atoms with van der Waals surface area (Å²) in [5.74, 6) is 0.0374. The van der Waals surface area contributed by atoms with Gasteiger partial charge in [0.25, 0.3) is 0 Å². The summed E-state index contributed by atoms with van der Waals surface area (Å²) in [5.41, 5.74) is 5.71. The lowest BCUT2D eigenvalue weighted by Crippen LogP contribution is -2.24. The van der Waals surface area contributed by atoms with Gasteiger partial charge in [0, 0.05) is 18.1 Å². The second-order valence-electron chi connectivity index (χ2n) is 7.96. The highest BCUT2D eigenvalue weighted by molar-refractivity contribution is 6.30. The number of carbonyl (C=O) groups is 1. The molecule has 1 saturated heterocycles. The standard InChI is InChI=1S/C26H27ClN2O/c27-25-13-11-24(12-14-25)23-9-7-20(8-10-23)17-26(30)28-18-21-3-5-22(6-4-21)19-29-15-1-2-16-29/h3-14H,1-2,15-19H2,(H,28,30). The van der Waals surface area contributed by atoms with E-state index in [9.17, 15) is 4.79 Å². The summed E-state index contributed by atoms with van der Waals surface area (Å²) in [4.78, 5) is 14.8. The normalized spacial score (nSPS) is 14.0. The van der Waals surface area contributed by atoms with E-state index in [1.54, 1.807) is 0 Å². The van der Waals surface area contributed by atoms with Crippen LogP contribution in [0.25, 0.3) is 11.1 Å². The summed E-state index contributed by atoms with van der Waals surface area (Å²) >= 11 is 5.95. The molecule has 0 spiro atoms. The van der Waals surface area contributed by atoms with Crippen LogP contribution in [-0.4, -0.2) is 23.9 Å². The number of benzene rings is 3. The van der Waals surface area contributed by atoms with Crippen LogP contribution < -0.4 is 5.32 Å². The van der Waals surface area contributed by atoms with E-state index in [0.29, 0.717) is 13.0 Å². The Morgan fingerprint density at radius 1 is 0.767 bits per heavy atom. The monoisotopic (exact) mass is 418 g/mol. The summed E-state index contributed by atoms with van der Waals surface area (Å²) in [7, 11) is 0. The molecule has 0 radical (unpaired) electrons. The van der Waals surface area contributed by atoms with Crippen molar-refractivity contribution in [3.05, 3.63) is 94.5 Å². The zero-order valence-corrected chi connectivity index (χ0v) is 17.9. The maximum Gasteiger partial charge on any atom is 0.224 e. The van der Waals surface area contributed by atoms with Gasteiger partial charge in [-0.25, -0.2) is 0 Å². The van der Waals surface area contributed by atoms with Crippen LogP contribution in [0.15, 0.2) is 72.8 Å². The lowest BCUT2D eigenvalue weighted by atomic mass is 10.0. The smallest absolute Gasteiger partial charge is 0.224 e. The maximum atomic E-state index is 12.3. The fourth-order valence-electron chi connectivity index (χ4n) is 3.87. The Hall–Kier alpha value is -2.62. The molecule has 3 aromatic carbocycles. The Morgan fingerprint density at radius 3 is 1.93 bits per heavy atom. The van der Waals surface area contributed by atoms with Gasteiger partial charge in [0.05, 0.1) is 6.42 Å². The van der Waals surface area contributed by atoms with Gasteiger partial charge in [0.1, 0.15) is 0 Å². The molecule has 0 unspecified atom stereocenters. The quantitative estimate of drug-likeness (QED) is 0.552. The van der Waals surface area contributed by atoms with Crippen LogP contribution in [0.3, 0.4) is 0 Å². The van der Waals surface area contributed by atoms with E-state index in [-0.39, 0.29) is 5.91 Å². The highest BCUT2D eigenvalue weighted by Crippen LogP contribution is 2.22. The predicted octanol–water partition coefficient (Wildman–Crippen LogP) is 5.46. The van der Waals surface area contributed by atoms with Crippen molar-refractivity contribution in [1.29, 1.82) is 0 Å². The van der Waals surface area contributed by atoms with Gasteiger partial charge in [0.15, 0.2) is 0 Å². The largest absolute Gasteiger partial charge is 0.352 e. The van der Waals surface area contributed by atoms with Crippen LogP contribution in [0.2, 0.25) is 5.02 Å². The van der Waals surface area contributed by atoms with Gasteiger partial charge in [-0.3, -0.25) is 9.69 Å². The van der Waals surface area contributed by atoms with E-state index in [0.717, 1.165) is 33.8 Å². The number of hydrogen-bond donors (Lipinski definition) is 1. The van der Waals surface area contributed by atoms with Crippen LogP contribution in [0.5, 0.6) is 0 Å². The molecule has 1 aliphatic rings. The van der Waals surface area contributed by atoms with Crippen LogP contribution in [0.1, 0.15) is 29.5 Å². The number of carbonyl (C=O) groups excluding carboxylic acids is 1. The number of rotatable bonds is 7. The highest BCUT2D eigenvalue weighted by Gasteiger charge is 2.11. The van der Waals surface area contributed by atoms with Gasteiger partial charge in [-0.1, -0.05) is 72.3 Å². The second kappa shape index (κ2) is 9.92. The van der Waals surface area contributed by atoms with Gasteiger partial charge in [-0.15, -0.1) is 0 Å². The van der Waals surface area contributed by atoms with E-state index < -0.39 is 0 Å². The van der Waals surface area contributed by atoms with Gasteiger partial charge >= 0.3 is 0 Å². The molecule has 0 saturated carbocycles. The number of nitrogens with one attached hydrogen (secondary N) is 1. The van der Waals surface area contributed by atoms with E-state index >= 15 is 0 Å². The molecule has 3 aromatic rings. The van der Waals surface area contributed by atoms with Crippen molar-refractivity contribution in [3.63, 3.8) is 0 Å². The predicted molar refractivity (Wildman–Crippen MR) is 123 cm³/mol. The average molecular weight is 419 g/mol. The van der Waals surface area contributed by atoms with Crippen molar-refractivity contribution in [1.82, 2.24) is 10.2 Å². The Balaban J connectivity index is 1.25. The van der Waals surface area contributed by atoms with Gasteiger partial charge < -0.3 is 5.32 Å². The third-order valence-electron chi connectivity index (χ3n) is 5.61. The Morgan fingerprint density at radius 2 is 1.30 bits per heavy atom. The molecular formula is C26H27ClN2O.